The molecule has 0 aliphatic heterocycles. The minimum Gasteiger partial charge on any atom is -0.0745 e. The van der Waals surface area contributed by atoms with Crippen molar-refractivity contribution < 1.29 is 34.7 Å². The first-order chi connectivity index (χ1) is 14.2. The molecule has 0 aromatic carbocycles. The SMILES string of the molecule is CC1=CC(C([Si](C)(C)C)[Si](C)(C)C)([SiH](C)C)C(C)=C1C.CC1=CC(C)([SiH](C)C)C(C)=C1C.[Cr].[Cr]. The Bertz CT molecular complexity index is 837. The molecule has 2 rings (SSSR count). The van der Waals surface area contributed by atoms with Gasteiger partial charge in [0.2, 0.25) is 0 Å². The normalized spacial score (nSPS) is 25.3. The van der Waals surface area contributed by atoms with Crippen molar-refractivity contribution in [1.82, 2.24) is 0 Å². The van der Waals surface area contributed by atoms with Gasteiger partial charge in [-0.05, 0) is 67.9 Å². The molecule has 0 N–H and O–H groups in total. The van der Waals surface area contributed by atoms with Crippen molar-refractivity contribution in [2.75, 3.05) is 0 Å². The Labute approximate surface area is 241 Å². The fourth-order valence-electron chi connectivity index (χ4n) is 7.13. The van der Waals surface area contributed by atoms with Gasteiger partial charge in [0.1, 0.15) is 0 Å². The largest absolute Gasteiger partial charge is 0.0745 e. The van der Waals surface area contributed by atoms with E-state index in [0.29, 0.717) is 10.1 Å². The van der Waals surface area contributed by atoms with Crippen molar-refractivity contribution in [3.63, 3.8) is 0 Å². The van der Waals surface area contributed by atoms with Crippen molar-refractivity contribution in [2.24, 2.45) is 0 Å². The van der Waals surface area contributed by atoms with Gasteiger partial charge in [0.05, 0.1) is 0 Å². The smallest absolute Gasteiger partial charge is 0.0467 e. The molecule has 0 nitrogen and oxygen atoms in total. The van der Waals surface area contributed by atoms with Gasteiger partial charge in [0.25, 0.3) is 0 Å². The molecule has 0 saturated heterocycles. The molecular formula is C28H56Cr2Si4. The molecule has 2 atom stereocenters. The Morgan fingerprint density at radius 3 is 1.15 bits per heavy atom. The molecule has 2 aliphatic carbocycles. The minimum atomic E-state index is -1.21. The number of hydrogen-bond donors (Lipinski definition) is 0. The van der Waals surface area contributed by atoms with Crippen molar-refractivity contribution in [3.05, 3.63) is 45.6 Å². The van der Waals surface area contributed by atoms with E-state index in [4.69, 9.17) is 0 Å². The number of rotatable bonds is 5. The summed E-state index contributed by atoms with van der Waals surface area (Å²) in [6.45, 7) is 42.0. The third-order valence-electron chi connectivity index (χ3n) is 9.10. The van der Waals surface area contributed by atoms with E-state index in [1.165, 1.54) is 11.1 Å². The summed E-state index contributed by atoms with van der Waals surface area (Å²) in [4.78, 5) is 0. The van der Waals surface area contributed by atoms with Crippen LogP contribution >= 0.6 is 0 Å². The second kappa shape index (κ2) is 12.6. The Balaban J connectivity index is 0. The van der Waals surface area contributed by atoms with Crippen LogP contribution in [0.15, 0.2) is 45.6 Å². The number of allylic oxidation sites excluding steroid dienone is 8. The van der Waals surface area contributed by atoms with Crippen LogP contribution in [0.5, 0.6) is 0 Å². The first-order valence-corrected chi connectivity index (χ1v) is 25.8. The van der Waals surface area contributed by atoms with Gasteiger partial charge in [-0.15, -0.1) is 0 Å². The summed E-state index contributed by atoms with van der Waals surface area (Å²) >= 11 is 0. The molecule has 2 aliphatic rings. The van der Waals surface area contributed by atoms with E-state index >= 15 is 0 Å². The van der Waals surface area contributed by atoms with Gasteiger partial charge in [-0.1, -0.05) is 107 Å². The molecule has 0 aromatic heterocycles. The van der Waals surface area contributed by atoms with Gasteiger partial charge in [-0.25, -0.2) is 0 Å². The zero-order valence-electron chi connectivity index (χ0n) is 25.7. The monoisotopic (exact) mass is 608 g/mol. The third-order valence-corrected chi connectivity index (χ3v) is 25.2. The second-order valence-electron chi connectivity index (χ2n) is 13.8. The summed E-state index contributed by atoms with van der Waals surface area (Å²) in [5.74, 6) is 0. The van der Waals surface area contributed by atoms with Gasteiger partial charge < -0.3 is 0 Å². The van der Waals surface area contributed by atoms with Crippen molar-refractivity contribution >= 4 is 33.7 Å². The van der Waals surface area contributed by atoms with Gasteiger partial charge in [-0.3, -0.25) is 0 Å². The summed E-state index contributed by atoms with van der Waals surface area (Å²) < 4.78 is 0. The zero-order chi connectivity index (χ0) is 25.6. The molecule has 0 bridgehead atoms. The van der Waals surface area contributed by atoms with E-state index < -0.39 is 33.7 Å². The van der Waals surface area contributed by atoms with Gasteiger partial charge in [0, 0.05) is 68.5 Å². The third kappa shape index (κ3) is 7.05. The molecule has 0 saturated carbocycles. The quantitative estimate of drug-likeness (QED) is 0.273. The molecule has 0 heterocycles. The summed E-state index contributed by atoms with van der Waals surface area (Å²) in [5, 5.41) is 1.87. The fourth-order valence-corrected chi connectivity index (χ4v) is 30.0. The summed E-state index contributed by atoms with van der Waals surface area (Å²) in [6.07, 6.45) is 5.20. The first kappa shape index (κ1) is 37.0. The average molecular weight is 609 g/mol. The first-order valence-electron chi connectivity index (χ1n) is 12.9. The van der Waals surface area contributed by atoms with E-state index in [-0.39, 0.29) is 34.7 Å². The molecule has 0 spiro atoms. The van der Waals surface area contributed by atoms with Gasteiger partial charge in [-0.2, -0.15) is 0 Å². The predicted molar refractivity (Wildman–Crippen MR) is 164 cm³/mol. The van der Waals surface area contributed by atoms with E-state index in [0.717, 1.165) is 5.16 Å². The van der Waals surface area contributed by atoms with Crippen LogP contribution in [0.4, 0.5) is 0 Å². The van der Waals surface area contributed by atoms with Crippen LogP contribution in [0, 0.1) is 0 Å². The van der Waals surface area contributed by atoms with Gasteiger partial charge in [0.15, 0.2) is 0 Å². The Morgan fingerprint density at radius 2 is 0.971 bits per heavy atom. The van der Waals surface area contributed by atoms with Crippen LogP contribution < -0.4 is 0 Å². The molecule has 0 amide bonds. The average Bonchev–Trinajstić information content (AvgIpc) is 2.94. The summed E-state index contributed by atoms with van der Waals surface area (Å²) in [7, 11) is -3.83. The fraction of sp³-hybridized carbons (Fsp3) is 0.714. The van der Waals surface area contributed by atoms with Crippen LogP contribution in [-0.4, -0.2) is 33.7 Å². The molecule has 0 radical (unpaired) electrons. The maximum atomic E-state index is 2.72. The minimum absolute atomic E-state index is 0. The predicted octanol–water partition coefficient (Wildman–Crippen LogP) is 9.62. The Morgan fingerprint density at radius 1 is 0.618 bits per heavy atom. The Kier molecular flexibility index (Phi) is 13.8. The standard InChI is InChI=1S/C17H36Si3.C11H20Si.2Cr/c1-13-12-17(18(4)5,15(3)14(13)2)16(19(6,7)8)20(9,10)11;1-8-7-11(4,12(5)6)10(3)9(8)2;;/h12,16,18H,1-11H3;7,12H,1-6H3;;. The van der Waals surface area contributed by atoms with Crippen LogP contribution in [-0.2, 0) is 34.7 Å². The number of hydrogen-bond acceptors (Lipinski definition) is 0. The van der Waals surface area contributed by atoms with E-state index in [9.17, 15) is 0 Å². The van der Waals surface area contributed by atoms with E-state index in [1.807, 2.05) is 0 Å². The maximum Gasteiger partial charge on any atom is 0.0467 e. The maximum absolute atomic E-state index is 2.72. The summed E-state index contributed by atoms with van der Waals surface area (Å²) in [6, 6.07) is 0. The molecule has 0 aromatic rings. The molecule has 6 heteroatoms. The van der Waals surface area contributed by atoms with Crippen LogP contribution in [0.2, 0.25) is 80.7 Å². The van der Waals surface area contributed by atoms with Crippen LogP contribution in [0.3, 0.4) is 0 Å². The van der Waals surface area contributed by atoms with Gasteiger partial charge >= 0.3 is 0 Å². The zero-order valence-corrected chi connectivity index (χ0v) is 32.6. The van der Waals surface area contributed by atoms with Crippen LogP contribution in [0.25, 0.3) is 0 Å². The molecule has 34 heavy (non-hydrogen) atoms. The molecule has 0 fully saturated rings. The second-order valence-corrected chi connectivity index (χ2v) is 31.8. The van der Waals surface area contributed by atoms with E-state index in [1.54, 1.807) is 22.3 Å². The summed E-state index contributed by atoms with van der Waals surface area (Å²) in [5.41, 5.74) is 9.51. The van der Waals surface area contributed by atoms with Crippen molar-refractivity contribution in [2.45, 2.75) is 129 Å². The Hall–Kier alpha value is 0.892. The van der Waals surface area contributed by atoms with E-state index in [2.05, 4.69) is 126 Å². The van der Waals surface area contributed by atoms with Crippen molar-refractivity contribution in [3.8, 4) is 0 Å². The molecule has 196 valence electrons. The molecular weight excluding hydrogens is 553 g/mol. The van der Waals surface area contributed by atoms with Crippen molar-refractivity contribution in [1.29, 1.82) is 0 Å². The topological polar surface area (TPSA) is 0 Å². The van der Waals surface area contributed by atoms with Crippen LogP contribution in [0.1, 0.15) is 48.5 Å². The molecule has 2 unspecified atom stereocenters.